The molecule has 1 atom stereocenters. The molecule has 5 nitrogen and oxygen atoms in total. The van der Waals surface area contributed by atoms with Gasteiger partial charge in [0.15, 0.2) is 0 Å². The third-order valence-corrected chi connectivity index (χ3v) is 5.57. The van der Waals surface area contributed by atoms with Crippen molar-refractivity contribution in [2.24, 2.45) is 0 Å². The van der Waals surface area contributed by atoms with Gasteiger partial charge in [-0.2, -0.15) is 0 Å². The first-order valence-corrected chi connectivity index (χ1v) is 9.70. The molecule has 28 heavy (non-hydrogen) atoms. The van der Waals surface area contributed by atoms with Gasteiger partial charge < -0.3 is 9.64 Å². The molecule has 1 aliphatic rings. The van der Waals surface area contributed by atoms with Gasteiger partial charge in [0.25, 0.3) is 11.5 Å². The number of methoxy groups -OCH3 is 1. The Kier molecular flexibility index (Phi) is 4.90. The minimum atomic E-state index is -0.135. The molecule has 0 bridgehead atoms. The van der Waals surface area contributed by atoms with Crippen molar-refractivity contribution in [3.63, 3.8) is 0 Å². The number of hydrogen-bond donors (Lipinski definition) is 0. The Labute approximate surface area is 164 Å². The fourth-order valence-corrected chi connectivity index (χ4v) is 3.95. The van der Waals surface area contributed by atoms with Crippen molar-refractivity contribution >= 4 is 16.7 Å². The van der Waals surface area contributed by atoms with E-state index < -0.39 is 0 Å². The number of aromatic nitrogens is 1. The molecule has 1 unspecified atom stereocenters. The number of piperidine rings is 1. The number of benzene rings is 2. The lowest BCUT2D eigenvalue weighted by Crippen LogP contribution is -2.42. The van der Waals surface area contributed by atoms with E-state index in [0.29, 0.717) is 22.0 Å². The van der Waals surface area contributed by atoms with Crippen molar-refractivity contribution in [3.8, 4) is 11.4 Å². The van der Waals surface area contributed by atoms with Gasteiger partial charge in [-0.15, -0.1) is 0 Å². The summed E-state index contributed by atoms with van der Waals surface area (Å²) in [6.07, 6.45) is 4.88. The van der Waals surface area contributed by atoms with Crippen molar-refractivity contribution in [2.45, 2.75) is 32.2 Å². The normalized spacial score (nSPS) is 16.9. The summed E-state index contributed by atoms with van der Waals surface area (Å²) in [5.41, 5.74) is 1.14. The van der Waals surface area contributed by atoms with Crippen LogP contribution in [0.25, 0.3) is 16.5 Å². The molecule has 1 amide bonds. The summed E-state index contributed by atoms with van der Waals surface area (Å²) in [6.45, 7) is 2.86. The zero-order valence-electron chi connectivity index (χ0n) is 16.2. The van der Waals surface area contributed by atoms with Crippen LogP contribution >= 0.6 is 0 Å². The van der Waals surface area contributed by atoms with Crippen LogP contribution in [0.15, 0.2) is 59.5 Å². The van der Waals surface area contributed by atoms with E-state index in [2.05, 4.69) is 6.92 Å². The predicted molar refractivity (Wildman–Crippen MR) is 110 cm³/mol. The monoisotopic (exact) mass is 376 g/mol. The number of fused-ring (bicyclic) bond motifs is 1. The number of pyridine rings is 1. The number of ether oxygens (including phenoxy) is 1. The molecule has 144 valence electrons. The summed E-state index contributed by atoms with van der Waals surface area (Å²) >= 11 is 0. The molecule has 0 saturated carbocycles. The lowest BCUT2D eigenvalue weighted by molar-refractivity contribution is 0.0637. The highest BCUT2D eigenvalue weighted by Crippen LogP contribution is 2.24. The Morgan fingerprint density at radius 2 is 1.75 bits per heavy atom. The van der Waals surface area contributed by atoms with Crippen LogP contribution in [0.5, 0.6) is 5.75 Å². The first-order chi connectivity index (χ1) is 13.6. The van der Waals surface area contributed by atoms with E-state index in [1.165, 1.54) is 0 Å². The van der Waals surface area contributed by atoms with Gasteiger partial charge in [0, 0.05) is 35.2 Å². The van der Waals surface area contributed by atoms with Crippen molar-refractivity contribution in [1.82, 2.24) is 9.47 Å². The highest BCUT2D eigenvalue weighted by Gasteiger charge is 2.26. The van der Waals surface area contributed by atoms with E-state index in [-0.39, 0.29) is 17.5 Å². The molecule has 1 aromatic heterocycles. The SMILES string of the molecule is COc1ccc(-n2cc(C(=O)N3CCCCC3C)c3ccccc3c2=O)cc1. The number of amides is 1. The topological polar surface area (TPSA) is 51.5 Å². The zero-order valence-corrected chi connectivity index (χ0v) is 16.2. The summed E-state index contributed by atoms with van der Waals surface area (Å²) in [7, 11) is 1.60. The smallest absolute Gasteiger partial charge is 0.262 e. The van der Waals surface area contributed by atoms with Crippen LogP contribution in [0.4, 0.5) is 0 Å². The number of hydrogen-bond acceptors (Lipinski definition) is 3. The molecule has 1 fully saturated rings. The van der Waals surface area contributed by atoms with Gasteiger partial charge in [-0.05, 0) is 56.5 Å². The van der Waals surface area contributed by atoms with Crippen LogP contribution in [0.3, 0.4) is 0 Å². The zero-order chi connectivity index (χ0) is 19.7. The van der Waals surface area contributed by atoms with Crippen LogP contribution < -0.4 is 10.3 Å². The molecule has 1 aliphatic heterocycles. The molecular weight excluding hydrogens is 352 g/mol. The van der Waals surface area contributed by atoms with Gasteiger partial charge in [0.05, 0.1) is 12.7 Å². The molecule has 2 heterocycles. The number of carbonyl (C=O) groups is 1. The molecule has 0 aliphatic carbocycles. The Balaban J connectivity index is 1.89. The van der Waals surface area contributed by atoms with Gasteiger partial charge in [0.2, 0.25) is 0 Å². The second-order valence-corrected chi connectivity index (χ2v) is 7.30. The first kappa shape index (κ1) is 18.3. The summed E-state index contributed by atoms with van der Waals surface area (Å²) in [6, 6.07) is 14.8. The summed E-state index contributed by atoms with van der Waals surface area (Å²) in [5, 5.41) is 1.26. The fraction of sp³-hybridized carbons (Fsp3) is 0.304. The quantitative estimate of drug-likeness (QED) is 0.694. The molecular formula is C23H24N2O3. The van der Waals surface area contributed by atoms with Crippen molar-refractivity contribution in [3.05, 3.63) is 70.6 Å². The summed E-state index contributed by atoms with van der Waals surface area (Å²) in [4.78, 5) is 28.5. The maximum Gasteiger partial charge on any atom is 0.262 e. The number of likely N-dealkylation sites (tertiary alicyclic amines) is 1. The van der Waals surface area contributed by atoms with Gasteiger partial charge in [-0.3, -0.25) is 14.2 Å². The van der Waals surface area contributed by atoms with Crippen LogP contribution in [0.1, 0.15) is 36.5 Å². The lowest BCUT2D eigenvalue weighted by Gasteiger charge is -2.33. The highest BCUT2D eigenvalue weighted by molar-refractivity contribution is 6.06. The predicted octanol–water partition coefficient (Wildman–Crippen LogP) is 4.01. The molecule has 4 rings (SSSR count). The van der Waals surface area contributed by atoms with Crippen molar-refractivity contribution in [2.75, 3.05) is 13.7 Å². The maximum absolute atomic E-state index is 13.4. The van der Waals surface area contributed by atoms with Crippen LogP contribution in [0, 0.1) is 0 Å². The Hall–Kier alpha value is -3.08. The molecule has 0 spiro atoms. The van der Waals surface area contributed by atoms with Gasteiger partial charge in [0.1, 0.15) is 5.75 Å². The van der Waals surface area contributed by atoms with E-state index in [1.807, 2.05) is 47.4 Å². The molecule has 0 N–H and O–H groups in total. The summed E-state index contributed by atoms with van der Waals surface area (Å²) in [5.74, 6) is 0.710. The summed E-state index contributed by atoms with van der Waals surface area (Å²) < 4.78 is 6.77. The van der Waals surface area contributed by atoms with E-state index in [9.17, 15) is 9.59 Å². The maximum atomic E-state index is 13.4. The minimum Gasteiger partial charge on any atom is -0.497 e. The molecule has 5 heteroatoms. The van der Waals surface area contributed by atoms with Crippen molar-refractivity contribution in [1.29, 1.82) is 0 Å². The number of carbonyl (C=O) groups excluding carboxylic acids is 1. The van der Waals surface area contributed by atoms with Crippen LogP contribution in [-0.2, 0) is 0 Å². The van der Waals surface area contributed by atoms with Gasteiger partial charge >= 0.3 is 0 Å². The second-order valence-electron chi connectivity index (χ2n) is 7.30. The van der Waals surface area contributed by atoms with E-state index in [1.54, 1.807) is 23.9 Å². The largest absolute Gasteiger partial charge is 0.497 e. The number of nitrogens with zero attached hydrogens (tertiary/aromatic N) is 2. The van der Waals surface area contributed by atoms with Crippen LogP contribution in [-0.4, -0.2) is 35.1 Å². The fourth-order valence-electron chi connectivity index (χ4n) is 3.95. The first-order valence-electron chi connectivity index (χ1n) is 9.70. The standard InChI is InChI=1S/C23H24N2O3/c1-16-7-5-6-14-24(16)23(27)21-15-25(17-10-12-18(28-2)13-11-17)22(26)20-9-4-3-8-19(20)21/h3-4,8-13,15-16H,5-7,14H2,1-2H3. The average molecular weight is 376 g/mol. The van der Waals surface area contributed by atoms with Crippen molar-refractivity contribution < 1.29 is 9.53 Å². The Bertz CT molecular complexity index is 1070. The van der Waals surface area contributed by atoms with E-state index in [0.717, 1.165) is 31.6 Å². The Morgan fingerprint density at radius 3 is 2.43 bits per heavy atom. The second kappa shape index (κ2) is 7.50. The third-order valence-electron chi connectivity index (χ3n) is 5.57. The van der Waals surface area contributed by atoms with E-state index >= 15 is 0 Å². The Morgan fingerprint density at radius 1 is 1.04 bits per heavy atom. The van der Waals surface area contributed by atoms with E-state index in [4.69, 9.17) is 4.74 Å². The van der Waals surface area contributed by atoms with Gasteiger partial charge in [-0.1, -0.05) is 18.2 Å². The lowest BCUT2D eigenvalue weighted by atomic mass is 10.0. The average Bonchev–Trinajstić information content (AvgIpc) is 2.74. The number of rotatable bonds is 3. The van der Waals surface area contributed by atoms with Crippen LogP contribution in [0.2, 0.25) is 0 Å². The molecule has 0 radical (unpaired) electrons. The molecule has 3 aromatic rings. The third kappa shape index (κ3) is 3.17. The molecule has 1 saturated heterocycles. The minimum absolute atomic E-state index is 0.00865. The highest BCUT2D eigenvalue weighted by atomic mass is 16.5. The molecule has 2 aromatic carbocycles. The van der Waals surface area contributed by atoms with Gasteiger partial charge in [-0.25, -0.2) is 0 Å².